The van der Waals surface area contributed by atoms with E-state index < -0.39 is 5.97 Å². The van der Waals surface area contributed by atoms with Crippen molar-refractivity contribution in [2.24, 2.45) is 23.5 Å². The maximum absolute atomic E-state index is 10.9. The molecule has 0 heterocycles. The van der Waals surface area contributed by atoms with E-state index in [0.717, 1.165) is 18.8 Å². The summed E-state index contributed by atoms with van der Waals surface area (Å²) < 4.78 is 0. The molecule has 1 fully saturated rings. The second-order valence-corrected chi connectivity index (χ2v) is 6.40. The highest BCUT2D eigenvalue weighted by atomic mass is 16.4. The zero-order chi connectivity index (χ0) is 14.1. The van der Waals surface area contributed by atoms with Gasteiger partial charge in [0.15, 0.2) is 0 Å². The smallest absolute Gasteiger partial charge is 0.307 e. The van der Waals surface area contributed by atoms with Crippen LogP contribution in [0.1, 0.15) is 71.1 Å². The van der Waals surface area contributed by atoms with Crippen molar-refractivity contribution >= 4 is 5.97 Å². The number of carboxylic acid groups (broad SMARTS) is 1. The molecule has 0 amide bonds. The molecule has 0 aliphatic heterocycles. The fourth-order valence-electron chi connectivity index (χ4n) is 3.30. The average Bonchev–Trinajstić information content (AvgIpc) is 2.42. The molecule has 1 aliphatic carbocycles. The van der Waals surface area contributed by atoms with Crippen LogP contribution in [0, 0.1) is 17.8 Å². The summed E-state index contributed by atoms with van der Waals surface area (Å²) >= 11 is 0. The molecule has 1 saturated carbocycles. The van der Waals surface area contributed by atoms with Crippen molar-refractivity contribution in [3.05, 3.63) is 0 Å². The summed E-state index contributed by atoms with van der Waals surface area (Å²) in [5, 5.41) is 8.98. The lowest BCUT2D eigenvalue weighted by Crippen LogP contribution is -2.25. The van der Waals surface area contributed by atoms with E-state index in [1.54, 1.807) is 0 Å². The minimum atomic E-state index is -0.739. The van der Waals surface area contributed by atoms with E-state index in [2.05, 4.69) is 6.92 Å². The van der Waals surface area contributed by atoms with Gasteiger partial charge in [-0.15, -0.1) is 0 Å². The predicted molar refractivity (Wildman–Crippen MR) is 79.0 cm³/mol. The van der Waals surface area contributed by atoms with Crippen molar-refractivity contribution in [2.75, 3.05) is 6.54 Å². The summed E-state index contributed by atoms with van der Waals surface area (Å²) in [5.74, 6) is 0.362. The number of carbonyl (C=O) groups is 1. The lowest BCUT2D eigenvalue weighted by atomic mass is 9.85. The van der Waals surface area contributed by atoms with E-state index in [4.69, 9.17) is 10.8 Å². The Hall–Kier alpha value is -0.570. The van der Waals surface area contributed by atoms with Crippen molar-refractivity contribution < 1.29 is 9.90 Å². The van der Waals surface area contributed by atoms with E-state index in [-0.39, 0.29) is 12.5 Å². The molecule has 0 aromatic rings. The van der Waals surface area contributed by atoms with E-state index in [1.165, 1.54) is 51.4 Å². The highest BCUT2D eigenvalue weighted by Gasteiger charge is 2.18. The summed E-state index contributed by atoms with van der Waals surface area (Å²) in [5.41, 5.74) is 5.49. The van der Waals surface area contributed by atoms with Crippen LogP contribution >= 0.6 is 0 Å². The van der Waals surface area contributed by atoms with Gasteiger partial charge in [0.25, 0.3) is 0 Å². The minimum Gasteiger partial charge on any atom is -0.481 e. The lowest BCUT2D eigenvalue weighted by Gasteiger charge is -2.21. The van der Waals surface area contributed by atoms with Crippen LogP contribution in [0.25, 0.3) is 0 Å². The molecule has 3 nitrogen and oxygen atoms in total. The largest absolute Gasteiger partial charge is 0.481 e. The van der Waals surface area contributed by atoms with Gasteiger partial charge in [0.2, 0.25) is 0 Å². The van der Waals surface area contributed by atoms with Crippen molar-refractivity contribution in [3.63, 3.8) is 0 Å². The first-order valence-corrected chi connectivity index (χ1v) is 8.06. The van der Waals surface area contributed by atoms with E-state index in [1.807, 2.05) is 0 Å². The molecule has 2 atom stereocenters. The van der Waals surface area contributed by atoms with Crippen molar-refractivity contribution in [3.8, 4) is 0 Å². The molecule has 112 valence electrons. The van der Waals surface area contributed by atoms with Crippen LogP contribution in [0.4, 0.5) is 0 Å². The SMILES string of the molecule is CC(CCCCC1CCCCC1)CC(CN)C(=O)O. The third kappa shape index (κ3) is 6.95. The zero-order valence-electron chi connectivity index (χ0n) is 12.4. The number of rotatable bonds is 9. The molecule has 0 saturated heterocycles. The van der Waals surface area contributed by atoms with Gasteiger partial charge >= 0.3 is 5.97 Å². The molecule has 2 unspecified atom stereocenters. The Kier molecular flexibility index (Phi) is 8.11. The maximum atomic E-state index is 10.9. The van der Waals surface area contributed by atoms with Gasteiger partial charge in [-0.25, -0.2) is 0 Å². The molecular formula is C16H31NO2. The Labute approximate surface area is 118 Å². The highest BCUT2D eigenvalue weighted by Crippen LogP contribution is 2.28. The molecule has 0 spiro atoms. The lowest BCUT2D eigenvalue weighted by molar-refractivity contribution is -0.141. The quantitative estimate of drug-likeness (QED) is 0.626. The minimum absolute atomic E-state index is 0.266. The van der Waals surface area contributed by atoms with Gasteiger partial charge in [0.05, 0.1) is 5.92 Å². The molecule has 0 aromatic carbocycles. The first kappa shape index (κ1) is 16.5. The Morgan fingerprint density at radius 1 is 1.26 bits per heavy atom. The molecule has 1 aliphatic rings. The summed E-state index contributed by atoms with van der Waals surface area (Å²) in [4.78, 5) is 10.9. The Morgan fingerprint density at radius 3 is 2.53 bits per heavy atom. The van der Waals surface area contributed by atoms with Gasteiger partial charge in [-0.3, -0.25) is 4.79 Å². The summed E-state index contributed by atoms with van der Waals surface area (Å²) in [6, 6.07) is 0. The standard InChI is InChI=1S/C16H31NO2/c1-13(11-15(12-17)16(18)19)7-5-6-10-14-8-3-2-4-9-14/h13-15H,2-12,17H2,1H3,(H,18,19). The van der Waals surface area contributed by atoms with E-state index >= 15 is 0 Å². The van der Waals surface area contributed by atoms with Crippen molar-refractivity contribution in [1.82, 2.24) is 0 Å². The van der Waals surface area contributed by atoms with Gasteiger partial charge in [0, 0.05) is 6.54 Å². The number of aliphatic carboxylic acids is 1. The molecule has 0 radical (unpaired) electrons. The van der Waals surface area contributed by atoms with Crippen LogP contribution in [0.3, 0.4) is 0 Å². The maximum Gasteiger partial charge on any atom is 0.307 e. The number of hydrogen-bond acceptors (Lipinski definition) is 2. The van der Waals surface area contributed by atoms with E-state index in [0.29, 0.717) is 5.92 Å². The number of nitrogens with two attached hydrogens (primary N) is 1. The van der Waals surface area contributed by atoms with Crippen LogP contribution in [-0.4, -0.2) is 17.6 Å². The van der Waals surface area contributed by atoms with Gasteiger partial charge in [0.1, 0.15) is 0 Å². The summed E-state index contributed by atoms with van der Waals surface area (Å²) in [6.07, 6.45) is 13.0. The third-order valence-corrected chi connectivity index (χ3v) is 4.60. The van der Waals surface area contributed by atoms with Crippen LogP contribution in [0.15, 0.2) is 0 Å². The van der Waals surface area contributed by atoms with Crippen LogP contribution in [-0.2, 0) is 4.79 Å². The molecule has 0 bridgehead atoms. The highest BCUT2D eigenvalue weighted by molar-refractivity contribution is 5.70. The van der Waals surface area contributed by atoms with Crippen LogP contribution in [0.5, 0.6) is 0 Å². The number of unbranched alkanes of at least 4 members (excludes halogenated alkanes) is 1. The number of hydrogen-bond donors (Lipinski definition) is 2. The Balaban J connectivity index is 2.06. The average molecular weight is 269 g/mol. The summed E-state index contributed by atoms with van der Waals surface area (Å²) in [6.45, 7) is 2.42. The predicted octanol–water partition coefficient (Wildman–Crippen LogP) is 3.81. The van der Waals surface area contributed by atoms with Crippen LogP contribution < -0.4 is 5.73 Å². The van der Waals surface area contributed by atoms with Crippen molar-refractivity contribution in [1.29, 1.82) is 0 Å². The first-order chi connectivity index (χ1) is 9.13. The van der Waals surface area contributed by atoms with Gasteiger partial charge in [-0.1, -0.05) is 64.7 Å². The zero-order valence-corrected chi connectivity index (χ0v) is 12.4. The normalized spacial score (nSPS) is 20.1. The Morgan fingerprint density at radius 2 is 1.95 bits per heavy atom. The fraction of sp³-hybridized carbons (Fsp3) is 0.938. The molecule has 19 heavy (non-hydrogen) atoms. The molecule has 1 rings (SSSR count). The second-order valence-electron chi connectivity index (χ2n) is 6.40. The Bertz CT molecular complexity index is 249. The topological polar surface area (TPSA) is 63.3 Å². The van der Waals surface area contributed by atoms with E-state index in [9.17, 15) is 4.79 Å². The van der Waals surface area contributed by atoms with Gasteiger partial charge in [-0.2, -0.15) is 0 Å². The molecular weight excluding hydrogens is 238 g/mol. The third-order valence-electron chi connectivity index (χ3n) is 4.60. The second kappa shape index (κ2) is 9.35. The molecule has 0 aromatic heterocycles. The van der Waals surface area contributed by atoms with Crippen LogP contribution in [0.2, 0.25) is 0 Å². The fourth-order valence-corrected chi connectivity index (χ4v) is 3.30. The molecule has 3 N–H and O–H groups in total. The van der Waals surface area contributed by atoms with Crippen molar-refractivity contribution in [2.45, 2.75) is 71.1 Å². The van der Waals surface area contributed by atoms with Gasteiger partial charge < -0.3 is 10.8 Å². The van der Waals surface area contributed by atoms with Gasteiger partial charge in [-0.05, 0) is 18.3 Å². The summed E-state index contributed by atoms with van der Waals surface area (Å²) in [7, 11) is 0. The molecule has 3 heteroatoms. The monoisotopic (exact) mass is 269 g/mol. The number of carboxylic acids is 1. The first-order valence-electron chi connectivity index (χ1n) is 8.06.